The van der Waals surface area contributed by atoms with Crippen LogP contribution in [-0.4, -0.2) is 20.2 Å². The van der Waals surface area contributed by atoms with E-state index in [4.69, 9.17) is 4.42 Å². The fraction of sp³-hybridized carbons (Fsp3) is 0. The van der Waals surface area contributed by atoms with Gasteiger partial charge in [0, 0.05) is 6.20 Å². The van der Waals surface area contributed by atoms with Crippen LogP contribution in [0.3, 0.4) is 0 Å². The first kappa shape index (κ1) is 8.05. The van der Waals surface area contributed by atoms with Gasteiger partial charge in [0.05, 0.1) is 18.0 Å². The predicted molar refractivity (Wildman–Crippen MR) is 52.8 cm³/mol. The van der Waals surface area contributed by atoms with Crippen molar-refractivity contribution in [2.45, 2.75) is 0 Å². The van der Waals surface area contributed by atoms with Crippen LogP contribution in [0.1, 0.15) is 0 Å². The summed E-state index contributed by atoms with van der Waals surface area (Å²) in [4.78, 5) is 8.35. The number of oxazole rings is 1. The van der Waals surface area contributed by atoms with Crippen molar-refractivity contribution < 1.29 is 4.42 Å². The Morgan fingerprint density at radius 2 is 2.07 bits per heavy atom. The zero-order chi connectivity index (χ0) is 10.1. The monoisotopic (exact) mass is 198 g/mol. The molecule has 0 fully saturated rings. The number of pyridine rings is 1. The van der Waals surface area contributed by atoms with Crippen LogP contribution in [0.4, 0.5) is 0 Å². The summed E-state index contributed by atoms with van der Waals surface area (Å²) in [6, 6.07) is 5.46. The minimum absolute atomic E-state index is 0.513. The number of aromatic nitrogens is 4. The Balaban J connectivity index is 2.21. The fourth-order valence-electron chi connectivity index (χ4n) is 1.31. The summed E-state index contributed by atoms with van der Waals surface area (Å²) in [5.74, 6) is 0.513. The van der Waals surface area contributed by atoms with Crippen LogP contribution in [0.15, 0.2) is 41.2 Å². The van der Waals surface area contributed by atoms with Gasteiger partial charge in [0.15, 0.2) is 0 Å². The van der Waals surface area contributed by atoms with Gasteiger partial charge >= 0.3 is 0 Å². The molecule has 3 rings (SSSR count). The Hall–Kier alpha value is -2.30. The average Bonchev–Trinajstić information content (AvgIpc) is 2.74. The molecule has 0 aliphatic heterocycles. The van der Waals surface area contributed by atoms with Crippen molar-refractivity contribution in [2.24, 2.45) is 0 Å². The summed E-state index contributed by atoms with van der Waals surface area (Å²) in [5.41, 5.74) is 2.07. The molecule has 0 atom stereocenters. The topological polar surface area (TPSA) is 64.7 Å². The summed E-state index contributed by atoms with van der Waals surface area (Å²) in [6.45, 7) is 0. The van der Waals surface area contributed by atoms with Crippen LogP contribution >= 0.6 is 0 Å². The Morgan fingerprint density at radius 1 is 1.07 bits per heavy atom. The molecule has 5 nitrogen and oxygen atoms in total. The smallest absolute Gasteiger partial charge is 0.247 e. The molecule has 0 bridgehead atoms. The standard InChI is InChI=1S/C10H6N4O/c1-2-8-10(11-4-1)15-9(14-8)7-3-5-12-13-6-7/h1-6H. The highest BCUT2D eigenvalue weighted by Crippen LogP contribution is 2.20. The molecule has 0 N–H and O–H groups in total. The first-order valence-corrected chi connectivity index (χ1v) is 4.42. The van der Waals surface area contributed by atoms with Gasteiger partial charge in [-0.3, -0.25) is 0 Å². The normalized spacial score (nSPS) is 10.7. The van der Waals surface area contributed by atoms with Crippen molar-refractivity contribution in [3.05, 3.63) is 36.8 Å². The van der Waals surface area contributed by atoms with Crippen LogP contribution in [0, 0.1) is 0 Å². The Morgan fingerprint density at radius 3 is 2.87 bits per heavy atom. The SMILES string of the molecule is c1cnc2oc(-c3ccnnc3)nc2c1. The lowest BCUT2D eigenvalue weighted by Gasteiger charge is -1.89. The first-order chi connectivity index (χ1) is 7.43. The predicted octanol–water partition coefficient (Wildman–Crippen LogP) is 1.68. The van der Waals surface area contributed by atoms with Crippen LogP contribution in [0.5, 0.6) is 0 Å². The maximum atomic E-state index is 5.46. The number of hydrogen-bond acceptors (Lipinski definition) is 5. The van der Waals surface area contributed by atoms with Gasteiger partial charge in [-0.15, -0.1) is 0 Å². The van der Waals surface area contributed by atoms with Gasteiger partial charge in [-0.05, 0) is 18.2 Å². The molecule has 0 amide bonds. The number of fused-ring (bicyclic) bond motifs is 1. The molecule has 0 aliphatic rings. The Bertz CT molecular complexity index is 557. The van der Waals surface area contributed by atoms with E-state index >= 15 is 0 Å². The third kappa shape index (κ3) is 1.34. The van der Waals surface area contributed by atoms with E-state index in [2.05, 4.69) is 20.2 Å². The van der Waals surface area contributed by atoms with Crippen LogP contribution in [0.25, 0.3) is 22.7 Å². The second-order valence-corrected chi connectivity index (χ2v) is 2.98. The summed E-state index contributed by atoms with van der Waals surface area (Å²) < 4.78 is 5.46. The van der Waals surface area contributed by atoms with E-state index in [9.17, 15) is 0 Å². The molecule has 0 unspecified atom stereocenters. The first-order valence-electron chi connectivity index (χ1n) is 4.42. The number of nitrogens with zero attached hydrogens (tertiary/aromatic N) is 4. The van der Waals surface area contributed by atoms with Gasteiger partial charge in [0.25, 0.3) is 0 Å². The zero-order valence-electron chi connectivity index (χ0n) is 7.66. The second kappa shape index (κ2) is 3.13. The molecule has 0 spiro atoms. The fourth-order valence-corrected chi connectivity index (χ4v) is 1.31. The maximum absolute atomic E-state index is 5.46. The van der Waals surface area contributed by atoms with Crippen molar-refractivity contribution in [2.75, 3.05) is 0 Å². The molecule has 3 aromatic rings. The highest BCUT2D eigenvalue weighted by atomic mass is 16.4. The van der Waals surface area contributed by atoms with Gasteiger partial charge in [0.1, 0.15) is 5.52 Å². The van der Waals surface area contributed by atoms with E-state index in [1.54, 1.807) is 24.7 Å². The van der Waals surface area contributed by atoms with Crippen LogP contribution in [0.2, 0.25) is 0 Å². The van der Waals surface area contributed by atoms with Gasteiger partial charge < -0.3 is 4.42 Å². The van der Waals surface area contributed by atoms with E-state index in [0.717, 1.165) is 11.1 Å². The maximum Gasteiger partial charge on any atom is 0.247 e. The van der Waals surface area contributed by atoms with E-state index in [1.807, 2.05) is 12.1 Å². The molecule has 72 valence electrons. The third-order valence-corrected chi connectivity index (χ3v) is 2.00. The summed E-state index contributed by atoms with van der Waals surface area (Å²) in [7, 11) is 0. The largest absolute Gasteiger partial charge is 0.418 e. The van der Waals surface area contributed by atoms with Crippen LogP contribution in [-0.2, 0) is 0 Å². The van der Waals surface area contributed by atoms with Crippen molar-refractivity contribution >= 4 is 11.2 Å². The van der Waals surface area contributed by atoms with E-state index in [1.165, 1.54) is 0 Å². The van der Waals surface area contributed by atoms with Gasteiger partial charge in [-0.1, -0.05) is 0 Å². The molecule has 3 heterocycles. The quantitative estimate of drug-likeness (QED) is 0.595. The second-order valence-electron chi connectivity index (χ2n) is 2.98. The molecule has 3 aromatic heterocycles. The lowest BCUT2D eigenvalue weighted by atomic mass is 10.3. The molecule has 15 heavy (non-hydrogen) atoms. The summed E-state index contributed by atoms with van der Waals surface area (Å²) >= 11 is 0. The molecule has 0 aromatic carbocycles. The van der Waals surface area contributed by atoms with Crippen LogP contribution < -0.4 is 0 Å². The lowest BCUT2D eigenvalue weighted by Crippen LogP contribution is -1.81. The molecule has 0 saturated carbocycles. The molecule has 0 saturated heterocycles. The minimum atomic E-state index is 0.513. The summed E-state index contributed by atoms with van der Waals surface area (Å²) in [5, 5.41) is 7.45. The highest BCUT2D eigenvalue weighted by Gasteiger charge is 2.07. The average molecular weight is 198 g/mol. The van der Waals surface area contributed by atoms with Crippen molar-refractivity contribution in [3.8, 4) is 11.5 Å². The molecular weight excluding hydrogens is 192 g/mol. The van der Waals surface area contributed by atoms with Gasteiger partial charge in [-0.25, -0.2) is 9.97 Å². The van der Waals surface area contributed by atoms with Crippen molar-refractivity contribution in [1.82, 2.24) is 20.2 Å². The Labute approximate surface area is 84.8 Å². The Kier molecular flexibility index (Phi) is 1.68. The third-order valence-electron chi connectivity index (χ3n) is 2.00. The molecule has 0 radical (unpaired) electrons. The van der Waals surface area contributed by atoms with Gasteiger partial charge in [0.2, 0.25) is 11.6 Å². The van der Waals surface area contributed by atoms with Crippen molar-refractivity contribution in [3.63, 3.8) is 0 Å². The van der Waals surface area contributed by atoms with Gasteiger partial charge in [-0.2, -0.15) is 10.2 Å². The molecule has 5 heteroatoms. The minimum Gasteiger partial charge on any atom is -0.418 e. The lowest BCUT2D eigenvalue weighted by molar-refractivity contribution is 0.607. The number of hydrogen-bond donors (Lipinski definition) is 0. The highest BCUT2D eigenvalue weighted by molar-refractivity contribution is 5.71. The van der Waals surface area contributed by atoms with E-state index < -0.39 is 0 Å². The zero-order valence-corrected chi connectivity index (χ0v) is 7.66. The van der Waals surface area contributed by atoms with E-state index in [-0.39, 0.29) is 0 Å². The number of rotatable bonds is 1. The molecular formula is C10H6N4O. The van der Waals surface area contributed by atoms with Crippen molar-refractivity contribution in [1.29, 1.82) is 0 Å². The summed E-state index contributed by atoms with van der Waals surface area (Å²) in [6.07, 6.45) is 4.87. The van der Waals surface area contributed by atoms with E-state index in [0.29, 0.717) is 11.6 Å². The molecule has 0 aliphatic carbocycles.